The molecule has 1 aliphatic carbocycles. The summed E-state index contributed by atoms with van der Waals surface area (Å²) in [7, 11) is 0. The summed E-state index contributed by atoms with van der Waals surface area (Å²) in [5.41, 5.74) is 2.43. The van der Waals surface area contributed by atoms with Crippen molar-refractivity contribution in [3.8, 4) is 0 Å². The average Bonchev–Trinajstić information content (AvgIpc) is 2.66. The van der Waals surface area contributed by atoms with Crippen LogP contribution in [0.1, 0.15) is 36.5 Å². The van der Waals surface area contributed by atoms with Gasteiger partial charge in [0.25, 0.3) is 0 Å². The highest BCUT2D eigenvalue weighted by molar-refractivity contribution is 5.94. The van der Waals surface area contributed by atoms with Crippen LogP contribution in [0.5, 0.6) is 0 Å². The van der Waals surface area contributed by atoms with Gasteiger partial charge in [-0.1, -0.05) is 54.6 Å². The van der Waals surface area contributed by atoms with E-state index in [4.69, 9.17) is 4.74 Å². The number of ether oxygens (including phenoxy) is 1. The summed E-state index contributed by atoms with van der Waals surface area (Å²) in [6.45, 7) is 1.95. The smallest absolute Gasteiger partial charge is 0.325 e. The highest BCUT2D eigenvalue weighted by Gasteiger charge is 2.44. The number of rotatable bonds is 5. The van der Waals surface area contributed by atoms with Gasteiger partial charge >= 0.3 is 5.97 Å². The summed E-state index contributed by atoms with van der Waals surface area (Å²) in [6, 6.07) is 17.9. The molecule has 0 fully saturated rings. The van der Waals surface area contributed by atoms with Crippen LogP contribution in [0, 0.1) is 0 Å². The molecule has 0 unspecified atom stereocenters. The third-order valence-electron chi connectivity index (χ3n) is 4.83. The molecule has 4 heteroatoms. The van der Waals surface area contributed by atoms with Crippen molar-refractivity contribution in [1.82, 2.24) is 5.32 Å². The first-order valence-corrected chi connectivity index (χ1v) is 8.76. The van der Waals surface area contributed by atoms with E-state index in [0.717, 1.165) is 30.4 Å². The summed E-state index contributed by atoms with van der Waals surface area (Å²) in [4.78, 5) is 25.0. The second-order valence-corrected chi connectivity index (χ2v) is 6.27. The number of esters is 1. The summed E-state index contributed by atoms with van der Waals surface area (Å²) in [6.07, 6.45) is 2.62. The Balaban J connectivity index is 2.00. The first-order valence-electron chi connectivity index (χ1n) is 8.76. The highest BCUT2D eigenvalue weighted by atomic mass is 16.5. The maximum absolute atomic E-state index is 13.3. The van der Waals surface area contributed by atoms with Crippen LogP contribution >= 0.6 is 0 Å². The van der Waals surface area contributed by atoms with Crippen LogP contribution in [0.3, 0.4) is 0 Å². The largest absolute Gasteiger partial charge is 0.465 e. The Bertz CT molecular complexity index is 757. The molecule has 2 aromatic rings. The van der Waals surface area contributed by atoms with Crippen molar-refractivity contribution < 1.29 is 14.3 Å². The van der Waals surface area contributed by atoms with E-state index >= 15 is 0 Å². The minimum atomic E-state index is -0.761. The fraction of sp³-hybridized carbons (Fsp3) is 0.333. The first kappa shape index (κ1) is 17.2. The topological polar surface area (TPSA) is 55.4 Å². The summed E-state index contributed by atoms with van der Waals surface area (Å²) >= 11 is 0. The molecule has 1 amide bonds. The Labute approximate surface area is 148 Å². The van der Waals surface area contributed by atoms with E-state index in [1.165, 1.54) is 5.56 Å². The Morgan fingerprint density at radius 1 is 1.08 bits per heavy atom. The molecule has 1 aliphatic rings. The molecule has 0 radical (unpaired) electrons. The molecule has 0 aromatic heterocycles. The molecule has 2 aromatic carbocycles. The molecule has 1 atom stereocenters. The van der Waals surface area contributed by atoms with Gasteiger partial charge in [0.2, 0.25) is 5.91 Å². The van der Waals surface area contributed by atoms with Crippen molar-refractivity contribution in [2.24, 2.45) is 0 Å². The molecule has 130 valence electrons. The monoisotopic (exact) mass is 337 g/mol. The lowest BCUT2D eigenvalue weighted by Gasteiger charge is -2.38. The number of amides is 1. The maximum atomic E-state index is 13.3. The quantitative estimate of drug-likeness (QED) is 0.854. The van der Waals surface area contributed by atoms with Crippen LogP contribution in [-0.4, -0.2) is 25.0 Å². The van der Waals surface area contributed by atoms with E-state index in [0.29, 0.717) is 6.61 Å². The third kappa shape index (κ3) is 3.29. The molecule has 0 saturated heterocycles. The fourth-order valence-electron chi connectivity index (χ4n) is 3.74. The number of carbonyl (C=O) groups is 2. The molecular formula is C21H23NO3. The van der Waals surface area contributed by atoms with Crippen molar-refractivity contribution >= 4 is 11.9 Å². The molecule has 1 N–H and O–H groups in total. The lowest BCUT2D eigenvalue weighted by molar-refractivity contribution is -0.143. The standard InChI is InChI=1S/C21H23NO3/c1-2-25-19(23)15-22-20(24)21(17-11-4-3-5-12-17)14-8-10-16-9-6-7-13-18(16)21/h3-7,9,11-13H,2,8,10,14-15H2,1H3,(H,22,24)/t21-/m0/s1. The zero-order valence-electron chi connectivity index (χ0n) is 14.5. The van der Waals surface area contributed by atoms with Crippen LogP contribution in [0.2, 0.25) is 0 Å². The Morgan fingerprint density at radius 2 is 1.80 bits per heavy atom. The van der Waals surface area contributed by atoms with Crippen LogP contribution < -0.4 is 5.32 Å². The SMILES string of the molecule is CCOC(=O)CNC(=O)[C@]1(c2ccccc2)CCCc2ccccc21. The lowest BCUT2D eigenvalue weighted by atomic mass is 9.65. The van der Waals surface area contributed by atoms with Gasteiger partial charge in [0.15, 0.2) is 0 Å². The Hall–Kier alpha value is -2.62. The van der Waals surface area contributed by atoms with Crippen LogP contribution in [0.15, 0.2) is 54.6 Å². The van der Waals surface area contributed by atoms with E-state index in [1.54, 1.807) is 6.92 Å². The number of hydrogen-bond acceptors (Lipinski definition) is 3. The number of fused-ring (bicyclic) bond motifs is 1. The first-order chi connectivity index (χ1) is 12.2. The minimum absolute atomic E-state index is 0.108. The second kappa shape index (κ2) is 7.51. The van der Waals surface area contributed by atoms with E-state index in [2.05, 4.69) is 11.4 Å². The normalized spacial score (nSPS) is 18.9. The van der Waals surface area contributed by atoms with E-state index in [-0.39, 0.29) is 12.5 Å². The summed E-state index contributed by atoms with van der Waals surface area (Å²) in [5, 5.41) is 2.80. The Kier molecular flexibility index (Phi) is 5.17. The van der Waals surface area contributed by atoms with Crippen LogP contribution in [-0.2, 0) is 26.2 Å². The van der Waals surface area contributed by atoms with E-state index < -0.39 is 11.4 Å². The highest BCUT2D eigenvalue weighted by Crippen LogP contribution is 2.42. The van der Waals surface area contributed by atoms with Gasteiger partial charge in [-0.05, 0) is 42.9 Å². The molecule has 3 rings (SSSR count). The molecule has 0 spiro atoms. The second-order valence-electron chi connectivity index (χ2n) is 6.27. The lowest BCUT2D eigenvalue weighted by Crippen LogP contribution is -2.48. The zero-order valence-corrected chi connectivity index (χ0v) is 14.5. The van der Waals surface area contributed by atoms with Gasteiger partial charge in [0, 0.05) is 0 Å². The molecular weight excluding hydrogens is 314 g/mol. The molecule has 4 nitrogen and oxygen atoms in total. The number of aryl methyl sites for hydroxylation is 1. The van der Waals surface area contributed by atoms with Crippen LogP contribution in [0.25, 0.3) is 0 Å². The minimum Gasteiger partial charge on any atom is -0.465 e. The fourth-order valence-corrected chi connectivity index (χ4v) is 3.74. The van der Waals surface area contributed by atoms with Crippen molar-refractivity contribution in [2.45, 2.75) is 31.6 Å². The zero-order chi connectivity index (χ0) is 17.7. The predicted octanol–water partition coefficient (Wildman–Crippen LogP) is 2.99. The van der Waals surface area contributed by atoms with E-state index in [9.17, 15) is 9.59 Å². The van der Waals surface area contributed by atoms with E-state index in [1.807, 2.05) is 48.5 Å². The summed E-state index contributed by atoms with van der Waals surface area (Å²) < 4.78 is 4.93. The van der Waals surface area contributed by atoms with Crippen LogP contribution in [0.4, 0.5) is 0 Å². The maximum Gasteiger partial charge on any atom is 0.325 e. The summed E-state index contributed by atoms with van der Waals surface area (Å²) in [5.74, 6) is -0.554. The van der Waals surface area contributed by atoms with Gasteiger partial charge in [-0.2, -0.15) is 0 Å². The number of nitrogens with one attached hydrogen (secondary N) is 1. The van der Waals surface area contributed by atoms with Crippen molar-refractivity contribution in [1.29, 1.82) is 0 Å². The molecule has 25 heavy (non-hydrogen) atoms. The van der Waals surface area contributed by atoms with Gasteiger partial charge in [-0.15, -0.1) is 0 Å². The molecule has 0 aliphatic heterocycles. The van der Waals surface area contributed by atoms with Crippen molar-refractivity contribution in [2.75, 3.05) is 13.2 Å². The number of carbonyl (C=O) groups excluding carboxylic acids is 2. The Morgan fingerprint density at radius 3 is 2.56 bits per heavy atom. The molecule has 0 saturated carbocycles. The van der Waals surface area contributed by atoms with Gasteiger partial charge in [0.1, 0.15) is 6.54 Å². The third-order valence-corrected chi connectivity index (χ3v) is 4.83. The number of hydrogen-bond donors (Lipinski definition) is 1. The van der Waals surface area contributed by atoms with Crippen molar-refractivity contribution in [3.05, 3.63) is 71.3 Å². The molecule has 0 bridgehead atoms. The predicted molar refractivity (Wildman–Crippen MR) is 96.2 cm³/mol. The molecule has 0 heterocycles. The van der Waals surface area contributed by atoms with Gasteiger partial charge in [0.05, 0.1) is 12.0 Å². The number of benzene rings is 2. The van der Waals surface area contributed by atoms with Gasteiger partial charge in [-0.25, -0.2) is 0 Å². The van der Waals surface area contributed by atoms with Crippen molar-refractivity contribution in [3.63, 3.8) is 0 Å². The average molecular weight is 337 g/mol. The van der Waals surface area contributed by atoms with Gasteiger partial charge in [-0.3, -0.25) is 9.59 Å². The van der Waals surface area contributed by atoms with Gasteiger partial charge < -0.3 is 10.1 Å².